The molecule has 6 heteroatoms. The fourth-order valence-electron chi connectivity index (χ4n) is 2.98. The number of ether oxygens (including phenoxy) is 1. The number of rotatable bonds is 7. The van der Waals surface area contributed by atoms with E-state index in [4.69, 9.17) is 16.3 Å². The van der Waals surface area contributed by atoms with Gasteiger partial charge in [-0.05, 0) is 54.1 Å². The summed E-state index contributed by atoms with van der Waals surface area (Å²) in [5, 5.41) is 10.4. The highest BCUT2D eigenvalue weighted by atomic mass is 35.5. The average Bonchev–Trinajstić information content (AvgIpc) is 3.22. The molecular formula is C24H20ClN3OS. The molecular weight excluding hydrogens is 414 g/mol. The molecule has 0 spiro atoms. The van der Waals surface area contributed by atoms with Crippen LogP contribution in [-0.2, 0) is 0 Å². The Morgan fingerprint density at radius 1 is 0.933 bits per heavy atom. The second kappa shape index (κ2) is 9.65. The lowest BCUT2D eigenvalue weighted by Gasteiger charge is -2.10. The Balaban J connectivity index is 1.63. The van der Waals surface area contributed by atoms with Crippen LogP contribution in [0, 0.1) is 0 Å². The molecule has 0 saturated carbocycles. The van der Waals surface area contributed by atoms with Gasteiger partial charge in [-0.25, -0.2) is 0 Å². The summed E-state index contributed by atoms with van der Waals surface area (Å²) in [5.74, 6) is 2.36. The van der Waals surface area contributed by atoms with Gasteiger partial charge >= 0.3 is 0 Å². The van der Waals surface area contributed by atoms with Gasteiger partial charge in [-0.2, -0.15) is 0 Å². The molecule has 0 aliphatic rings. The number of nitrogens with zero attached hydrogens (tertiary/aromatic N) is 3. The zero-order valence-corrected chi connectivity index (χ0v) is 18.0. The van der Waals surface area contributed by atoms with Crippen LogP contribution in [0.4, 0.5) is 0 Å². The maximum atomic E-state index is 6.09. The smallest absolute Gasteiger partial charge is 0.196 e. The maximum Gasteiger partial charge on any atom is 0.196 e. The molecule has 0 unspecified atom stereocenters. The molecule has 0 aliphatic heterocycles. The number of benzene rings is 3. The molecule has 0 fully saturated rings. The van der Waals surface area contributed by atoms with E-state index in [9.17, 15) is 0 Å². The summed E-state index contributed by atoms with van der Waals surface area (Å²) >= 11 is 7.73. The first-order valence-electron chi connectivity index (χ1n) is 9.45. The zero-order chi connectivity index (χ0) is 20.8. The molecule has 0 amide bonds. The van der Waals surface area contributed by atoms with Gasteiger partial charge in [0.2, 0.25) is 0 Å². The third-order valence-electron chi connectivity index (χ3n) is 4.48. The molecule has 0 N–H and O–H groups in total. The van der Waals surface area contributed by atoms with Crippen molar-refractivity contribution in [3.8, 4) is 22.8 Å². The molecule has 1 heterocycles. The van der Waals surface area contributed by atoms with Crippen molar-refractivity contribution in [3.63, 3.8) is 0 Å². The van der Waals surface area contributed by atoms with Gasteiger partial charge in [0.25, 0.3) is 0 Å². The molecule has 0 aliphatic carbocycles. The predicted octanol–water partition coefficient (Wildman–Crippen LogP) is 6.40. The molecule has 3 aromatic carbocycles. The van der Waals surface area contributed by atoms with Gasteiger partial charge in [-0.1, -0.05) is 65.8 Å². The van der Waals surface area contributed by atoms with Crippen LogP contribution < -0.4 is 4.74 Å². The molecule has 4 rings (SSSR count). The first-order chi connectivity index (χ1) is 14.7. The second-order valence-corrected chi connectivity index (χ2v) is 7.89. The molecule has 0 radical (unpaired) electrons. The highest BCUT2D eigenvalue weighted by Gasteiger charge is 2.16. The van der Waals surface area contributed by atoms with Crippen molar-refractivity contribution in [1.29, 1.82) is 0 Å². The minimum Gasteiger partial charge on any atom is -0.497 e. The van der Waals surface area contributed by atoms with Crippen LogP contribution in [0.3, 0.4) is 0 Å². The quantitative estimate of drug-likeness (QED) is 0.316. The Bertz CT molecular complexity index is 1120. The van der Waals surface area contributed by atoms with E-state index in [1.165, 1.54) is 5.56 Å². The third kappa shape index (κ3) is 4.75. The van der Waals surface area contributed by atoms with Gasteiger partial charge in [0.1, 0.15) is 5.75 Å². The van der Waals surface area contributed by atoms with Gasteiger partial charge < -0.3 is 4.74 Å². The van der Waals surface area contributed by atoms with E-state index in [0.29, 0.717) is 5.02 Å². The summed E-state index contributed by atoms with van der Waals surface area (Å²) in [4.78, 5) is 0. The van der Waals surface area contributed by atoms with Crippen molar-refractivity contribution in [1.82, 2.24) is 14.8 Å². The van der Waals surface area contributed by atoms with Crippen LogP contribution in [0.25, 0.3) is 23.2 Å². The van der Waals surface area contributed by atoms with E-state index in [-0.39, 0.29) is 0 Å². The Morgan fingerprint density at radius 2 is 1.67 bits per heavy atom. The van der Waals surface area contributed by atoms with Crippen LogP contribution in [0.1, 0.15) is 5.56 Å². The fraction of sp³-hybridized carbons (Fsp3) is 0.0833. The topological polar surface area (TPSA) is 39.9 Å². The van der Waals surface area contributed by atoms with Crippen molar-refractivity contribution < 1.29 is 4.74 Å². The van der Waals surface area contributed by atoms with Crippen LogP contribution in [0.15, 0.2) is 90.1 Å². The summed E-state index contributed by atoms with van der Waals surface area (Å²) in [6.07, 6.45) is 4.24. The minimum atomic E-state index is 0.692. The largest absolute Gasteiger partial charge is 0.497 e. The predicted molar refractivity (Wildman–Crippen MR) is 125 cm³/mol. The highest BCUT2D eigenvalue weighted by molar-refractivity contribution is 7.99. The molecule has 0 bridgehead atoms. The van der Waals surface area contributed by atoms with E-state index < -0.39 is 0 Å². The maximum absolute atomic E-state index is 6.09. The summed E-state index contributed by atoms with van der Waals surface area (Å²) in [6, 6.07) is 25.8. The van der Waals surface area contributed by atoms with Crippen molar-refractivity contribution in [2.45, 2.75) is 5.16 Å². The molecule has 0 saturated heterocycles. The van der Waals surface area contributed by atoms with Crippen LogP contribution in [-0.4, -0.2) is 27.6 Å². The molecule has 4 aromatic rings. The van der Waals surface area contributed by atoms with Crippen molar-refractivity contribution in [3.05, 3.63) is 95.5 Å². The zero-order valence-electron chi connectivity index (χ0n) is 16.4. The SMILES string of the molecule is COc1ccc(-c2nnc(SCC=Cc3ccccc3)n2-c2ccc(Cl)cc2)cc1. The lowest BCUT2D eigenvalue weighted by Crippen LogP contribution is -1.99. The fourth-order valence-corrected chi connectivity index (χ4v) is 3.87. The van der Waals surface area contributed by atoms with E-state index in [1.807, 2.05) is 66.7 Å². The average molecular weight is 434 g/mol. The lowest BCUT2D eigenvalue weighted by molar-refractivity contribution is 0.415. The number of hydrogen-bond acceptors (Lipinski definition) is 4. The van der Waals surface area contributed by atoms with Gasteiger partial charge in [0.15, 0.2) is 11.0 Å². The molecule has 30 heavy (non-hydrogen) atoms. The summed E-state index contributed by atoms with van der Waals surface area (Å²) in [7, 11) is 1.66. The van der Waals surface area contributed by atoms with E-state index in [1.54, 1.807) is 18.9 Å². The Labute approximate surface area is 185 Å². The highest BCUT2D eigenvalue weighted by Crippen LogP contribution is 2.29. The van der Waals surface area contributed by atoms with Crippen LogP contribution in [0.5, 0.6) is 5.75 Å². The van der Waals surface area contributed by atoms with Gasteiger partial charge in [-0.15, -0.1) is 10.2 Å². The summed E-state index contributed by atoms with van der Waals surface area (Å²) in [5.41, 5.74) is 3.10. The molecule has 150 valence electrons. The van der Waals surface area contributed by atoms with Gasteiger partial charge in [0.05, 0.1) is 7.11 Å². The van der Waals surface area contributed by atoms with Crippen molar-refractivity contribution in [2.75, 3.05) is 12.9 Å². The summed E-state index contributed by atoms with van der Waals surface area (Å²) in [6.45, 7) is 0. The van der Waals surface area contributed by atoms with Crippen LogP contribution >= 0.6 is 23.4 Å². The number of hydrogen-bond donors (Lipinski definition) is 0. The normalized spacial score (nSPS) is 11.1. The first-order valence-corrected chi connectivity index (χ1v) is 10.8. The first kappa shape index (κ1) is 20.3. The monoisotopic (exact) mass is 433 g/mol. The van der Waals surface area contributed by atoms with Crippen LogP contribution in [0.2, 0.25) is 5.02 Å². The number of methoxy groups -OCH3 is 1. The number of halogens is 1. The molecule has 0 atom stereocenters. The standard InChI is InChI=1S/C24H20ClN3OS/c1-29-22-15-9-19(10-16-22)23-26-27-24(28(23)21-13-11-20(25)12-14-21)30-17-5-8-18-6-3-2-4-7-18/h2-16H,17H2,1H3. The lowest BCUT2D eigenvalue weighted by atomic mass is 10.2. The third-order valence-corrected chi connectivity index (χ3v) is 5.62. The number of thioether (sulfide) groups is 1. The number of aromatic nitrogens is 3. The van der Waals surface area contributed by atoms with Gasteiger partial charge in [0, 0.05) is 22.0 Å². The Morgan fingerprint density at radius 3 is 2.37 bits per heavy atom. The molecule has 4 nitrogen and oxygen atoms in total. The van der Waals surface area contributed by atoms with Crippen molar-refractivity contribution in [2.24, 2.45) is 0 Å². The molecule has 1 aromatic heterocycles. The van der Waals surface area contributed by atoms with Crippen molar-refractivity contribution >= 4 is 29.4 Å². The van der Waals surface area contributed by atoms with E-state index >= 15 is 0 Å². The minimum absolute atomic E-state index is 0.692. The Hall–Kier alpha value is -3.02. The van der Waals surface area contributed by atoms with E-state index in [0.717, 1.165) is 33.7 Å². The summed E-state index contributed by atoms with van der Waals surface area (Å²) < 4.78 is 7.33. The van der Waals surface area contributed by atoms with E-state index in [2.05, 4.69) is 39.0 Å². The van der Waals surface area contributed by atoms with Gasteiger partial charge in [-0.3, -0.25) is 4.57 Å². The Kier molecular flexibility index (Phi) is 6.52. The second-order valence-electron chi connectivity index (χ2n) is 6.47.